The number of hydrogen-bond acceptors (Lipinski definition) is 2. The second kappa shape index (κ2) is 3.62. The summed E-state index contributed by atoms with van der Waals surface area (Å²) in [5, 5.41) is 8.78. The van der Waals surface area contributed by atoms with Gasteiger partial charge in [0, 0.05) is 19.3 Å². The first kappa shape index (κ1) is 9.80. The molecule has 1 heterocycles. The number of nitrogens with zero attached hydrogens (tertiary/aromatic N) is 2. The highest BCUT2D eigenvalue weighted by Crippen LogP contribution is 2.08. The molecule has 0 aliphatic rings. The number of carboxylic acids is 1. The number of carbonyl (C=O) groups is 1. The van der Waals surface area contributed by atoms with Gasteiger partial charge in [0.05, 0.1) is 0 Å². The predicted octanol–water partition coefficient (Wildman–Crippen LogP) is 0.785. The van der Waals surface area contributed by atoms with Crippen LogP contribution < -0.4 is 0 Å². The van der Waals surface area contributed by atoms with E-state index in [1.165, 1.54) is 0 Å². The first-order valence-corrected chi connectivity index (χ1v) is 4.05. The highest BCUT2D eigenvalue weighted by Gasteiger charge is 2.10. The monoisotopic (exact) mass is 182 g/mol. The van der Waals surface area contributed by atoms with Gasteiger partial charge in [0.1, 0.15) is 5.69 Å². The van der Waals surface area contributed by atoms with E-state index in [4.69, 9.17) is 5.11 Å². The van der Waals surface area contributed by atoms with Gasteiger partial charge in [0.15, 0.2) is 0 Å². The van der Waals surface area contributed by atoms with Gasteiger partial charge >= 0.3 is 5.97 Å². The van der Waals surface area contributed by atoms with Crippen molar-refractivity contribution in [3.8, 4) is 0 Å². The predicted molar refractivity (Wildman–Crippen MR) is 49.8 cm³/mol. The van der Waals surface area contributed by atoms with E-state index in [1.54, 1.807) is 17.7 Å². The average molecular weight is 182 g/mol. The molecule has 0 saturated carbocycles. The zero-order valence-electron chi connectivity index (χ0n) is 8.11. The Labute approximate surface area is 77.4 Å². The zero-order chi connectivity index (χ0) is 10.0. The summed E-state index contributed by atoms with van der Waals surface area (Å²) in [6.45, 7) is 0.754. The van der Waals surface area contributed by atoms with Crippen molar-refractivity contribution in [1.82, 2.24) is 9.47 Å². The normalized spacial score (nSPS) is 10.8. The van der Waals surface area contributed by atoms with Gasteiger partial charge in [-0.3, -0.25) is 0 Å². The van der Waals surface area contributed by atoms with Crippen molar-refractivity contribution in [1.29, 1.82) is 0 Å². The van der Waals surface area contributed by atoms with E-state index in [0.29, 0.717) is 5.69 Å². The summed E-state index contributed by atoms with van der Waals surface area (Å²) in [5.41, 5.74) is 1.33. The summed E-state index contributed by atoms with van der Waals surface area (Å²) >= 11 is 0. The Kier molecular flexibility index (Phi) is 2.72. The second-order valence-corrected chi connectivity index (χ2v) is 3.31. The third-order valence-electron chi connectivity index (χ3n) is 1.92. The molecule has 0 amide bonds. The zero-order valence-corrected chi connectivity index (χ0v) is 8.11. The summed E-state index contributed by atoms with van der Waals surface area (Å²) in [7, 11) is 5.67. The number of aromatic carboxylic acids is 1. The van der Waals surface area contributed by atoms with Crippen molar-refractivity contribution in [2.24, 2.45) is 7.05 Å². The number of aromatic nitrogens is 1. The second-order valence-electron chi connectivity index (χ2n) is 3.31. The SMILES string of the molecule is CN(C)Cc1ccc(C(=O)O)n1C. The minimum atomic E-state index is -0.882. The van der Waals surface area contributed by atoms with Gasteiger partial charge in [-0.2, -0.15) is 0 Å². The lowest BCUT2D eigenvalue weighted by Crippen LogP contribution is -2.15. The van der Waals surface area contributed by atoms with E-state index >= 15 is 0 Å². The Morgan fingerprint density at radius 2 is 2.15 bits per heavy atom. The van der Waals surface area contributed by atoms with Gasteiger partial charge in [-0.15, -0.1) is 0 Å². The Bertz CT molecular complexity index is 315. The van der Waals surface area contributed by atoms with Crippen LogP contribution in [-0.4, -0.2) is 34.6 Å². The smallest absolute Gasteiger partial charge is 0.352 e. The molecule has 72 valence electrons. The average Bonchev–Trinajstić information content (AvgIpc) is 2.32. The van der Waals surface area contributed by atoms with E-state index in [-0.39, 0.29) is 0 Å². The van der Waals surface area contributed by atoms with Crippen LogP contribution in [0.15, 0.2) is 12.1 Å². The molecule has 4 nitrogen and oxygen atoms in total. The molecular weight excluding hydrogens is 168 g/mol. The van der Waals surface area contributed by atoms with Gasteiger partial charge in [0.25, 0.3) is 0 Å². The molecule has 0 atom stereocenters. The summed E-state index contributed by atoms with van der Waals surface area (Å²) in [6, 6.07) is 3.46. The molecule has 0 aromatic carbocycles. The van der Waals surface area contributed by atoms with Gasteiger partial charge in [-0.05, 0) is 26.2 Å². The minimum Gasteiger partial charge on any atom is -0.477 e. The molecule has 0 aliphatic heterocycles. The number of hydrogen-bond donors (Lipinski definition) is 1. The van der Waals surface area contributed by atoms with Gasteiger partial charge in [0.2, 0.25) is 0 Å². The molecule has 0 unspecified atom stereocenters. The molecule has 0 spiro atoms. The highest BCUT2D eigenvalue weighted by atomic mass is 16.4. The maximum atomic E-state index is 10.7. The van der Waals surface area contributed by atoms with E-state index in [0.717, 1.165) is 12.2 Å². The van der Waals surface area contributed by atoms with Crippen LogP contribution in [-0.2, 0) is 13.6 Å². The van der Waals surface area contributed by atoms with Gasteiger partial charge in [-0.1, -0.05) is 0 Å². The molecular formula is C9H14N2O2. The van der Waals surface area contributed by atoms with Crippen molar-refractivity contribution in [2.75, 3.05) is 14.1 Å². The molecule has 0 aliphatic carbocycles. The van der Waals surface area contributed by atoms with E-state index in [1.807, 2.05) is 25.1 Å². The van der Waals surface area contributed by atoms with E-state index in [2.05, 4.69) is 0 Å². The van der Waals surface area contributed by atoms with Crippen molar-refractivity contribution >= 4 is 5.97 Å². The molecule has 0 radical (unpaired) electrons. The Hall–Kier alpha value is -1.29. The minimum absolute atomic E-state index is 0.330. The maximum absolute atomic E-state index is 10.7. The van der Waals surface area contributed by atoms with Crippen LogP contribution in [0.2, 0.25) is 0 Å². The summed E-state index contributed by atoms with van der Waals surface area (Å²) < 4.78 is 1.70. The molecule has 1 N–H and O–H groups in total. The van der Waals surface area contributed by atoms with Crippen LogP contribution in [0.5, 0.6) is 0 Å². The molecule has 0 saturated heterocycles. The van der Waals surface area contributed by atoms with Crippen LogP contribution in [0.3, 0.4) is 0 Å². The topological polar surface area (TPSA) is 45.5 Å². The molecule has 0 fully saturated rings. The largest absolute Gasteiger partial charge is 0.477 e. The Morgan fingerprint density at radius 3 is 2.54 bits per heavy atom. The van der Waals surface area contributed by atoms with Crippen LogP contribution >= 0.6 is 0 Å². The molecule has 1 rings (SSSR count). The van der Waals surface area contributed by atoms with Crippen molar-refractivity contribution in [3.05, 3.63) is 23.5 Å². The fraction of sp³-hybridized carbons (Fsp3) is 0.444. The van der Waals surface area contributed by atoms with Crippen molar-refractivity contribution < 1.29 is 9.90 Å². The first-order valence-electron chi connectivity index (χ1n) is 4.05. The molecule has 0 bridgehead atoms. The summed E-state index contributed by atoms with van der Waals surface area (Å²) in [4.78, 5) is 12.7. The summed E-state index contributed by atoms with van der Waals surface area (Å²) in [6.07, 6.45) is 0. The van der Waals surface area contributed by atoms with Gasteiger partial charge in [-0.25, -0.2) is 4.79 Å². The fourth-order valence-corrected chi connectivity index (χ4v) is 1.25. The standard InChI is InChI=1S/C9H14N2O2/c1-10(2)6-7-4-5-8(9(12)13)11(7)3/h4-5H,6H2,1-3H3,(H,12,13). The summed E-state index contributed by atoms with van der Waals surface area (Å²) in [5.74, 6) is -0.882. The maximum Gasteiger partial charge on any atom is 0.352 e. The van der Waals surface area contributed by atoms with Gasteiger partial charge < -0.3 is 14.6 Å². The highest BCUT2D eigenvalue weighted by molar-refractivity contribution is 5.86. The van der Waals surface area contributed by atoms with Crippen LogP contribution in [0.1, 0.15) is 16.2 Å². The fourth-order valence-electron chi connectivity index (χ4n) is 1.25. The van der Waals surface area contributed by atoms with E-state index < -0.39 is 5.97 Å². The lowest BCUT2D eigenvalue weighted by Gasteiger charge is -2.10. The molecule has 4 heteroatoms. The lowest BCUT2D eigenvalue weighted by atomic mass is 10.4. The van der Waals surface area contributed by atoms with Crippen molar-refractivity contribution in [3.63, 3.8) is 0 Å². The molecule has 1 aromatic heterocycles. The Morgan fingerprint density at radius 1 is 1.54 bits per heavy atom. The lowest BCUT2D eigenvalue weighted by molar-refractivity contribution is 0.0686. The van der Waals surface area contributed by atoms with Crippen LogP contribution in [0, 0.1) is 0 Å². The Balaban J connectivity index is 2.93. The number of rotatable bonds is 3. The molecule has 13 heavy (non-hydrogen) atoms. The quantitative estimate of drug-likeness (QED) is 0.751. The number of carboxylic acid groups (broad SMARTS) is 1. The van der Waals surface area contributed by atoms with Crippen LogP contribution in [0.25, 0.3) is 0 Å². The van der Waals surface area contributed by atoms with Crippen molar-refractivity contribution in [2.45, 2.75) is 6.54 Å². The molecule has 1 aromatic rings. The third-order valence-corrected chi connectivity index (χ3v) is 1.92. The third kappa shape index (κ3) is 2.09. The first-order chi connectivity index (χ1) is 6.02. The van der Waals surface area contributed by atoms with Crippen LogP contribution in [0.4, 0.5) is 0 Å². The van der Waals surface area contributed by atoms with E-state index in [9.17, 15) is 4.79 Å².